The number of esters is 1. The molecule has 32 heavy (non-hydrogen) atoms. The fourth-order valence-corrected chi connectivity index (χ4v) is 4.95. The molecule has 0 amide bonds. The summed E-state index contributed by atoms with van der Waals surface area (Å²) in [6, 6.07) is 14.4. The van der Waals surface area contributed by atoms with Gasteiger partial charge in [-0.15, -0.1) is 0 Å². The Kier molecular flexibility index (Phi) is 6.43. The van der Waals surface area contributed by atoms with Crippen LogP contribution in [0.15, 0.2) is 74.1 Å². The second-order valence-electron chi connectivity index (χ2n) is 7.13. The molecule has 0 saturated heterocycles. The molecule has 164 valence electrons. The average Bonchev–Trinajstić information content (AvgIpc) is 3.08. The van der Waals surface area contributed by atoms with Crippen molar-refractivity contribution >= 4 is 39.3 Å². The van der Waals surface area contributed by atoms with Crippen molar-refractivity contribution in [3.05, 3.63) is 95.1 Å². The first kappa shape index (κ1) is 22.2. The van der Waals surface area contributed by atoms with Crippen molar-refractivity contribution in [2.24, 2.45) is 4.99 Å². The quantitative estimate of drug-likeness (QED) is 0.490. The Labute approximate surface area is 197 Å². The van der Waals surface area contributed by atoms with Gasteiger partial charge in [-0.05, 0) is 55.3 Å². The summed E-state index contributed by atoms with van der Waals surface area (Å²) >= 11 is 4.74. The van der Waals surface area contributed by atoms with Gasteiger partial charge in [0, 0.05) is 4.47 Å². The van der Waals surface area contributed by atoms with Crippen molar-refractivity contribution in [1.82, 2.24) is 4.57 Å². The van der Waals surface area contributed by atoms with Crippen LogP contribution in [0.1, 0.15) is 31.0 Å². The van der Waals surface area contributed by atoms with Crippen LogP contribution in [0.25, 0.3) is 6.08 Å². The normalized spacial score (nSPS) is 15.9. The van der Waals surface area contributed by atoms with Gasteiger partial charge in [0.2, 0.25) is 0 Å². The molecule has 2 heterocycles. The predicted octanol–water partition coefficient (Wildman–Crippen LogP) is 3.57. The second-order valence-corrected chi connectivity index (χ2v) is 9.06. The molecule has 0 fully saturated rings. The van der Waals surface area contributed by atoms with Gasteiger partial charge in [-0.1, -0.05) is 51.5 Å². The van der Waals surface area contributed by atoms with Crippen LogP contribution in [0, 0.1) is 0 Å². The van der Waals surface area contributed by atoms with Crippen LogP contribution < -0.4 is 19.6 Å². The van der Waals surface area contributed by atoms with Gasteiger partial charge in [0.05, 0.1) is 35.6 Å². The summed E-state index contributed by atoms with van der Waals surface area (Å²) in [5.41, 5.74) is 2.36. The SMILES string of the molecule is CCOC(=O)C1=C(C)N=c2s/c(=C\c3cccc(OC)c3)c(=O)n2[C@H]1c1ccc(Br)cc1. The van der Waals surface area contributed by atoms with Crippen molar-refractivity contribution in [2.45, 2.75) is 19.9 Å². The number of allylic oxidation sites excluding steroid dienone is 1. The zero-order valence-corrected chi connectivity index (χ0v) is 20.2. The van der Waals surface area contributed by atoms with E-state index in [1.54, 1.807) is 25.5 Å². The van der Waals surface area contributed by atoms with Crippen LogP contribution in [0.3, 0.4) is 0 Å². The Morgan fingerprint density at radius 3 is 2.69 bits per heavy atom. The summed E-state index contributed by atoms with van der Waals surface area (Å²) in [5.74, 6) is 0.239. The van der Waals surface area contributed by atoms with Gasteiger partial charge < -0.3 is 9.47 Å². The van der Waals surface area contributed by atoms with Crippen LogP contribution in [0.5, 0.6) is 5.75 Å². The van der Waals surface area contributed by atoms with E-state index < -0.39 is 12.0 Å². The molecule has 3 aromatic rings. The monoisotopic (exact) mass is 512 g/mol. The molecule has 0 saturated carbocycles. The maximum atomic E-state index is 13.5. The molecule has 0 bridgehead atoms. The Morgan fingerprint density at radius 2 is 2.00 bits per heavy atom. The zero-order chi connectivity index (χ0) is 22.8. The Balaban J connectivity index is 1.94. The number of ether oxygens (including phenoxy) is 2. The smallest absolute Gasteiger partial charge is 0.338 e. The van der Waals surface area contributed by atoms with Crippen molar-refractivity contribution in [1.29, 1.82) is 0 Å². The van der Waals surface area contributed by atoms with Gasteiger partial charge in [0.15, 0.2) is 4.80 Å². The second kappa shape index (κ2) is 9.26. The fourth-order valence-electron chi connectivity index (χ4n) is 3.63. The van der Waals surface area contributed by atoms with Crippen molar-refractivity contribution in [3.8, 4) is 5.75 Å². The summed E-state index contributed by atoms with van der Waals surface area (Å²) in [4.78, 5) is 31.5. The number of hydrogen-bond donors (Lipinski definition) is 0. The third-order valence-electron chi connectivity index (χ3n) is 5.09. The number of hydrogen-bond acceptors (Lipinski definition) is 6. The topological polar surface area (TPSA) is 69.9 Å². The molecule has 1 aliphatic rings. The van der Waals surface area contributed by atoms with Gasteiger partial charge in [-0.2, -0.15) is 0 Å². The van der Waals surface area contributed by atoms with Crippen LogP contribution >= 0.6 is 27.3 Å². The van der Waals surface area contributed by atoms with Crippen molar-refractivity contribution < 1.29 is 14.3 Å². The first-order valence-corrected chi connectivity index (χ1v) is 11.6. The summed E-state index contributed by atoms with van der Waals surface area (Å²) in [5, 5.41) is 0. The molecule has 0 unspecified atom stereocenters. The molecule has 0 radical (unpaired) electrons. The van der Waals surface area contributed by atoms with Crippen LogP contribution in [-0.2, 0) is 9.53 Å². The van der Waals surface area contributed by atoms with Gasteiger partial charge in [0.1, 0.15) is 5.75 Å². The van der Waals surface area contributed by atoms with E-state index in [0.29, 0.717) is 26.4 Å². The van der Waals surface area contributed by atoms with E-state index in [0.717, 1.165) is 15.6 Å². The summed E-state index contributed by atoms with van der Waals surface area (Å²) in [6.07, 6.45) is 1.81. The zero-order valence-electron chi connectivity index (χ0n) is 17.8. The number of benzene rings is 2. The van der Waals surface area contributed by atoms with E-state index in [1.165, 1.54) is 11.3 Å². The third kappa shape index (κ3) is 4.20. The van der Waals surface area contributed by atoms with E-state index >= 15 is 0 Å². The number of halogens is 1. The molecule has 8 heteroatoms. The Hall–Kier alpha value is -2.97. The number of carbonyl (C=O) groups excluding carboxylic acids is 1. The largest absolute Gasteiger partial charge is 0.497 e. The number of aromatic nitrogens is 1. The Morgan fingerprint density at radius 1 is 1.25 bits per heavy atom. The molecule has 1 aliphatic heterocycles. The first-order chi connectivity index (χ1) is 15.4. The fraction of sp³-hybridized carbons (Fsp3) is 0.208. The molecule has 6 nitrogen and oxygen atoms in total. The lowest BCUT2D eigenvalue weighted by Gasteiger charge is -2.24. The van der Waals surface area contributed by atoms with Gasteiger partial charge >= 0.3 is 5.97 Å². The molecule has 2 aromatic carbocycles. The lowest BCUT2D eigenvalue weighted by atomic mass is 9.96. The van der Waals surface area contributed by atoms with E-state index in [4.69, 9.17) is 9.47 Å². The van der Waals surface area contributed by atoms with E-state index in [9.17, 15) is 9.59 Å². The molecule has 1 aromatic heterocycles. The first-order valence-electron chi connectivity index (χ1n) is 10.0. The lowest BCUT2D eigenvalue weighted by molar-refractivity contribution is -0.139. The third-order valence-corrected chi connectivity index (χ3v) is 6.61. The highest BCUT2D eigenvalue weighted by molar-refractivity contribution is 9.10. The van der Waals surface area contributed by atoms with Gasteiger partial charge in [-0.25, -0.2) is 9.79 Å². The highest BCUT2D eigenvalue weighted by Gasteiger charge is 2.33. The predicted molar refractivity (Wildman–Crippen MR) is 128 cm³/mol. The average molecular weight is 513 g/mol. The van der Waals surface area contributed by atoms with Crippen molar-refractivity contribution in [3.63, 3.8) is 0 Å². The molecule has 0 aliphatic carbocycles. The number of nitrogens with zero attached hydrogens (tertiary/aromatic N) is 2. The van der Waals surface area contributed by atoms with E-state index in [-0.39, 0.29) is 12.2 Å². The minimum absolute atomic E-state index is 0.209. The van der Waals surface area contributed by atoms with Crippen LogP contribution in [0.4, 0.5) is 0 Å². The number of fused-ring (bicyclic) bond motifs is 1. The minimum atomic E-state index is -0.620. The maximum absolute atomic E-state index is 13.5. The van der Waals surface area contributed by atoms with Crippen LogP contribution in [0.2, 0.25) is 0 Å². The van der Waals surface area contributed by atoms with E-state index in [2.05, 4.69) is 20.9 Å². The van der Waals surface area contributed by atoms with Gasteiger partial charge in [-0.3, -0.25) is 9.36 Å². The van der Waals surface area contributed by atoms with Crippen molar-refractivity contribution in [2.75, 3.05) is 13.7 Å². The van der Waals surface area contributed by atoms with Gasteiger partial charge in [0.25, 0.3) is 5.56 Å². The summed E-state index contributed by atoms with van der Waals surface area (Å²) in [6.45, 7) is 3.77. The standard InChI is InChI=1S/C24H21BrN2O4S/c1-4-31-23(29)20-14(2)26-24-27(21(20)16-8-10-17(25)11-9-16)22(28)19(32-24)13-15-6-5-7-18(12-15)30-3/h5-13,21H,4H2,1-3H3/b19-13-/t21-/m0/s1. The lowest BCUT2D eigenvalue weighted by Crippen LogP contribution is -2.39. The van der Waals surface area contributed by atoms with Crippen LogP contribution in [-0.4, -0.2) is 24.3 Å². The van der Waals surface area contributed by atoms with E-state index in [1.807, 2.05) is 54.6 Å². The molecule has 1 atom stereocenters. The summed E-state index contributed by atoms with van der Waals surface area (Å²) in [7, 11) is 1.60. The Bertz CT molecular complexity index is 1390. The number of methoxy groups -OCH3 is 1. The molecule has 4 rings (SSSR count). The number of carbonyl (C=O) groups is 1. The summed E-state index contributed by atoms with van der Waals surface area (Å²) < 4.78 is 13.6. The molecule has 0 N–H and O–H groups in total. The minimum Gasteiger partial charge on any atom is -0.497 e. The molecule has 0 spiro atoms. The molecular formula is C24H21BrN2O4S. The maximum Gasteiger partial charge on any atom is 0.338 e. The number of thiazole rings is 1. The highest BCUT2D eigenvalue weighted by atomic mass is 79.9. The number of rotatable bonds is 5. The highest BCUT2D eigenvalue weighted by Crippen LogP contribution is 2.31. The molecular weight excluding hydrogens is 492 g/mol.